The highest BCUT2D eigenvalue weighted by atomic mass is 32.2. The summed E-state index contributed by atoms with van der Waals surface area (Å²) in [5.41, 5.74) is 5.23. The fourth-order valence-corrected chi connectivity index (χ4v) is 2.57. The predicted molar refractivity (Wildman–Crippen MR) is 64.8 cm³/mol. The summed E-state index contributed by atoms with van der Waals surface area (Å²) in [4.78, 5) is 11.4. The zero-order valence-corrected chi connectivity index (χ0v) is 10.8. The van der Waals surface area contributed by atoms with E-state index in [1.54, 1.807) is 0 Å². The van der Waals surface area contributed by atoms with E-state index in [1.165, 1.54) is 0 Å². The molecule has 0 saturated heterocycles. The van der Waals surface area contributed by atoms with Gasteiger partial charge in [-0.15, -0.1) is 0 Å². The summed E-state index contributed by atoms with van der Waals surface area (Å²) in [6, 6.07) is 0.0669. The third-order valence-corrected chi connectivity index (χ3v) is 3.97. The Bertz CT molecular complexity index is 297. The molecule has 6 heteroatoms. The standard InChI is InChI=1S/C10H22N2O3S/c1-3-9(4-2)12-10(13)8-16(14,15)7-5-6-11/h9H,3-8,11H2,1-2H3,(H,12,13). The Hall–Kier alpha value is -0.620. The van der Waals surface area contributed by atoms with Gasteiger partial charge in [-0.1, -0.05) is 13.8 Å². The van der Waals surface area contributed by atoms with Crippen molar-refractivity contribution in [1.29, 1.82) is 0 Å². The van der Waals surface area contributed by atoms with Gasteiger partial charge in [-0.25, -0.2) is 8.42 Å². The van der Waals surface area contributed by atoms with Gasteiger partial charge in [-0.2, -0.15) is 0 Å². The highest BCUT2D eigenvalue weighted by Crippen LogP contribution is 1.98. The molecule has 0 rings (SSSR count). The van der Waals surface area contributed by atoms with Gasteiger partial charge < -0.3 is 11.1 Å². The maximum Gasteiger partial charge on any atom is 0.235 e. The Morgan fingerprint density at radius 3 is 2.31 bits per heavy atom. The van der Waals surface area contributed by atoms with Crippen molar-refractivity contribution < 1.29 is 13.2 Å². The van der Waals surface area contributed by atoms with Gasteiger partial charge in [-0.05, 0) is 25.8 Å². The second-order valence-corrected chi connectivity index (χ2v) is 6.00. The molecule has 0 radical (unpaired) electrons. The van der Waals surface area contributed by atoms with Crippen LogP contribution in [0.5, 0.6) is 0 Å². The Kier molecular flexibility index (Phi) is 7.33. The van der Waals surface area contributed by atoms with Crippen LogP contribution in [0.15, 0.2) is 0 Å². The van der Waals surface area contributed by atoms with Crippen molar-refractivity contribution in [2.75, 3.05) is 18.1 Å². The minimum atomic E-state index is -3.30. The lowest BCUT2D eigenvalue weighted by Crippen LogP contribution is -2.38. The summed E-state index contributed by atoms with van der Waals surface area (Å²) < 4.78 is 22.9. The van der Waals surface area contributed by atoms with E-state index in [0.717, 1.165) is 12.8 Å². The lowest BCUT2D eigenvalue weighted by atomic mass is 10.2. The summed E-state index contributed by atoms with van der Waals surface area (Å²) in [7, 11) is -3.30. The average molecular weight is 250 g/mol. The summed E-state index contributed by atoms with van der Waals surface area (Å²) in [5.74, 6) is -0.853. The van der Waals surface area contributed by atoms with Gasteiger partial charge in [0.2, 0.25) is 5.91 Å². The molecule has 0 spiro atoms. The Labute approximate surface area is 97.7 Å². The van der Waals surface area contributed by atoms with Crippen molar-refractivity contribution in [1.82, 2.24) is 5.32 Å². The fraction of sp³-hybridized carbons (Fsp3) is 0.900. The predicted octanol–water partition coefficient (Wildman–Crippen LogP) is 0.0548. The highest BCUT2D eigenvalue weighted by molar-refractivity contribution is 7.92. The van der Waals surface area contributed by atoms with Gasteiger partial charge in [0.25, 0.3) is 0 Å². The molecule has 0 unspecified atom stereocenters. The zero-order chi connectivity index (χ0) is 12.6. The Balaban J connectivity index is 4.13. The number of nitrogens with one attached hydrogen (secondary N) is 1. The number of amides is 1. The van der Waals surface area contributed by atoms with E-state index in [1.807, 2.05) is 13.8 Å². The topological polar surface area (TPSA) is 89.3 Å². The van der Waals surface area contributed by atoms with Crippen LogP contribution in [-0.4, -0.2) is 38.4 Å². The van der Waals surface area contributed by atoms with E-state index in [-0.39, 0.29) is 11.8 Å². The SMILES string of the molecule is CCC(CC)NC(=O)CS(=O)(=O)CCCN. The second kappa shape index (κ2) is 7.62. The van der Waals surface area contributed by atoms with E-state index in [2.05, 4.69) is 5.32 Å². The molecule has 0 saturated carbocycles. The first-order valence-electron chi connectivity index (χ1n) is 5.65. The Morgan fingerprint density at radius 2 is 1.88 bits per heavy atom. The molecule has 0 bridgehead atoms. The number of nitrogens with two attached hydrogens (primary N) is 1. The average Bonchev–Trinajstić information content (AvgIpc) is 2.22. The molecule has 3 N–H and O–H groups in total. The molecule has 1 amide bonds. The summed E-state index contributed by atoms with van der Waals surface area (Å²) >= 11 is 0. The molecule has 0 aliphatic rings. The monoisotopic (exact) mass is 250 g/mol. The van der Waals surface area contributed by atoms with Gasteiger partial charge in [0.1, 0.15) is 5.75 Å². The molecule has 0 aliphatic carbocycles. The van der Waals surface area contributed by atoms with Crippen LogP contribution in [0.2, 0.25) is 0 Å². The number of hydrogen-bond donors (Lipinski definition) is 2. The molecule has 16 heavy (non-hydrogen) atoms. The van der Waals surface area contributed by atoms with Crippen molar-refractivity contribution in [3.8, 4) is 0 Å². The summed E-state index contributed by atoms with van der Waals surface area (Å²) in [6.07, 6.45) is 2.02. The first-order chi connectivity index (χ1) is 7.45. The third kappa shape index (κ3) is 6.79. The molecule has 96 valence electrons. The highest BCUT2D eigenvalue weighted by Gasteiger charge is 2.17. The molecule has 0 aromatic rings. The van der Waals surface area contributed by atoms with Gasteiger partial charge in [-0.3, -0.25) is 4.79 Å². The van der Waals surface area contributed by atoms with Crippen LogP contribution >= 0.6 is 0 Å². The van der Waals surface area contributed by atoms with E-state index in [4.69, 9.17) is 5.73 Å². The smallest absolute Gasteiger partial charge is 0.235 e. The van der Waals surface area contributed by atoms with Crippen LogP contribution < -0.4 is 11.1 Å². The van der Waals surface area contributed by atoms with Gasteiger partial charge in [0.05, 0.1) is 5.75 Å². The van der Waals surface area contributed by atoms with E-state index >= 15 is 0 Å². The lowest BCUT2D eigenvalue weighted by Gasteiger charge is -2.14. The van der Waals surface area contributed by atoms with E-state index in [0.29, 0.717) is 13.0 Å². The number of rotatable bonds is 8. The quantitative estimate of drug-likeness (QED) is 0.637. The molecular formula is C10H22N2O3S. The minimum absolute atomic E-state index is 0.0141. The molecular weight excluding hydrogens is 228 g/mol. The van der Waals surface area contributed by atoms with Crippen LogP contribution in [0.4, 0.5) is 0 Å². The molecule has 0 heterocycles. The third-order valence-electron chi connectivity index (χ3n) is 2.36. The van der Waals surface area contributed by atoms with Crippen molar-refractivity contribution in [2.24, 2.45) is 5.73 Å². The maximum atomic E-state index is 11.4. The van der Waals surface area contributed by atoms with Crippen LogP contribution in [-0.2, 0) is 14.6 Å². The second-order valence-electron chi connectivity index (χ2n) is 3.82. The largest absolute Gasteiger partial charge is 0.353 e. The van der Waals surface area contributed by atoms with E-state index in [9.17, 15) is 13.2 Å². The lowest BCUT2D eigenvalue weighted by molar-refractivity contribution is -0.119. The first kappa shape index (κ1) is 15.4. The molecule has 5 nitrogen and oxygen atoms in total. The zero-order valence-electron chi connectivity index (χ0n) is 10.0. The number of sulfone groups is 1. The number of carbonyl (C=O) groups is 1. The summed E-state index contributed by atoms with van der Waals surface area (Å²) in [5, 5.41) is 2.70. The van der Waals surface area contributed by atoms with Crippen molar-refractivity contribution in [3.05, 3.63) is 0 Å². The molecule has 0 aromatic carbocycles. The van der Waals surface area contributed by atoms with Crippen molar-refractivity contribution in [2.45, 2.75) is 39.2 Å². The van der Waals surface area contributed by atoms with Gasteiger partial charge in [0.15, 0.2) is 9.84 Å². The molecule has 0 atom stereocenters. The van der Waals surface area contributed by atoms with Crippen LogP contribution in [0.1, 0.15) is 33.1 Å². The normalized spacial score (nSPS) is 11.8. The maximum absolute atomic E-state index is 11.4. The van der Waals surface area contributed by atoms with Crippen LogP contribution in [0.3, 0.4) is 0 Å². The number of hydrogen-bond acceptors (Lipinski definition) is 4. The number of carbonyl (C=O) groups excluding carboxylic acids is 1. The van der Waals surface area contributed by atoms with Crippen molar-refractivity contribution in [3.63, 3.8) is 0 Å². The van der Waals surface area contributed by atoms with Crippen LogP contribution in [0.25, 0.3) is 0 Å². The summed E-state index contributed by atoms with van der Waals surface area (Å²) in [6.45, 7) is 4.24. The van der Waals surface area contributed by atoms with Gasteiger partial charge >= 0.3 is 0 Å². The van der Waals surface area contributed by atoms with Crippen LogP contribution in [0, 0.1) is 0 Å². The first-order valence-corrected chi connectivity index (χ1v) is 7.47. The fourth-order valence-electron chi connectivity index (χ4n) is 1.34. The molecule has 0 aromatic heterocycles. The minimum Gasteiger partial charge on any atom is -0.353 e. The van der Waals surface area contributed by atoms with E-state index < -0.39 is 21.5 Å². The van der Waals surface area contributed by atoms with Crippen molar-refractivity contribution >= 4 is 15.7 Å². The Morgan fingerprint density at radius 1 is 1.31 bits per heavy atom. The molecule has 0 aliphatic heterocycles. The van der Waals surface area contributed by atoms with Gasteiger partial charge in [0, 0.05) is 6.04 Å². The molecule has 0 fully saturated rings.